The summed E-state index contributed by atoms with van der Waals surface area (Å²) in [4.78, 5) is 52.7. The van der Waals surface area contributed by atoms with Crippen molar-refractivity contribution >= 4 is 23.5 Å². The Balaban J connectivity index is 1.82. The van der Waals surface area contributed by atoms with E-state index in [-0.39, 0.29) is 29.1 Å². The first-order valence-corrected chi connectivity index (χ1v) is 15.2. The predicted molar refractivity (Wildman–Crippen MR) is 157 cm³/mol. The van der Waals surface area contributed by atoms with Gasteiger partial charge in [0.25, 0.3) is 0 Å². The molecule has 9 atom stereocenters. The molecule has 44 heavy (non-hydrogen) atoms. The largest absolute Gasteiger partial charge is 0.492 e. The Kier molecular flexibility index (Phi) is 9.02. The highest BCUT2D eigenvalue weighted by Gasteiger charge is 2.68. The number of hydrogen-bond donors (Lipinski definition) is 2. The van der Waals surface area contributed by atoms with E-state index in [1.165, 1.54) is 21.0 Å². The molecule has 0 spiro atoms. The summed E-state index contributed by atoms with van der Waals surface area (Å²) >= 11 is 0. The highest BCUT2D eigenvalue weighted by Crippen LogP contribution is 2.60. The van der Waals surface area contributed by atoms with Gasteiger partial charge in [0.15, 0.2) is 11.5 Å². The van der Waals surface area contributed by atoms with Crippen LogP contribution >= 0.6 is 0 Å². The molecule has 11 heteroatoms. The summed E-state index contributed by atoms with van der Waals surface area (Å²) < 4.78 is 29.9. The molecule has 0 amide bonds. The van der Waals surface area contributed by atoms with Gasteiger partial charge in [-0.25, -0.2) is 0 Å². The number of allylic oxidation sites excluding steroid dienone is 3. The van der Waals surface area contributed by atoms with E-state index < -0.39 is 82.5 Å². The molecule has 0 aromatic heterocycles. The van der Waals surface area contributed by atoms with E-state index in [1.807, 2.05) is 6.92 Å². The van der Waals surface area contributed by atoms with Crippen LogP contribution in [0.5, 0.6) is 0 Å². The zero-order valence-corrected chi connectivity index (χ0v) is 27.3. The maximum Gasteiger partial charge on any atom is 0.303 e. The third-order valence-electron chi connectivity index (χ3n) is 10.1. The maximum absolute atomic E-state index is 14.2. The molecule has 4 rings (SSSR count). The third kappa shape index (κ3) is 5.41. The number of rotatable bonds is 7. The van der Waals surface area contributed by atoms with Gasteiger partial charge in [-0.3, -0.25) is 19.2 Å². The Morgan fingerprint density at radius 1 is 1.11 bits per heavy atom. The van der Waals surface area contributed by atoms with E-state index in [0.29, 0.717) is 18.4 Å². The van der Waals surface area contributed by atoms with Crippen molar-refractivity contribution in [2.75, 3.05) is 7.11 Å². The summed E-state index contributed by atoms with van der Waals surface area (Å²) in [6.45, 7) is 14.6. The molecule has 2 aliphatic heterocycles. The minimum atomic E-state index is -1.50. The summed E-state index contributed by atoms with van der Waals surface area (Å²) in [5, 5.41) is 22.9. The van der Waals surface area contributed by atoms with Crippen molar-refractivity contribution < 1.29 is 53.1 Å². The molecule has 0 unspecified atom stereocenters. The van der Waals surface area contributed by atoms with E-state index >= 15 is 0 Å². The molecule has 2 aliphatic carbocycles. The van der Waals surface area contributed by atoms with Crippen LogP contribution in [0.4, 0.5) is 0 Å². The Hall–Kier alpha value is -3.02. The van der Waals surface area contributed by atoms with Gasteiger partial charge in [0.2, 0.25) is 11.6 Å². The van der Waals surface area contributed by atoms with E-state index in [0.717, 1.165) is 0 Å². The molecule has 0 radical (unpaired) electrons. The lowest BCUT2D eigenvalue weighted by Gasteiger charge is -2.63. The summed E-state index contributed by atoms with van der Waals surface area (Å²) in [5.74, 6) is -4.57. The molecule has 2 heterocycles. The van der Waals surface area contributed by atoms with Crippen molar-refractivity contribution in [3.63, 3.8) is 0 Å². The number of hydrogen-bond acceptors (Lipinski definition) is 11. The van der Waals surface area contributed by atoms with Gasteiger partial charge in [-0.05, 0) is 53.0 Å². The Morgan fingerprint density at radius 3 is 2.27 bits per heavy atom. The Morgan fingerprint density at radius 2 is 1.75 bits per heavy atom. The van der Waals surface area contributed by atoms with Crippen LogP contribution in [0.25, 0.3) is 0 Å². The van der Waals surface area contributed by atoms with E-state index in [4.69, 9.17) is 23.7 Å². The average molecular weight is 619 g/mol. The van der Waals surface area contributed by atoms with Crippen molar-refractivity contribution in [2.45, 2.75) is 123 Å². The van der Waals surface area contributed by atoms with Crippen molar-refractivity contribution in [3.05, 3.63) is 34.3 Å². The van der Waals surface area contributed by atoms with Crippen LogP contribution in [0, 0.1) is 17.3 Å². The summed E-state index contributed by atoms with van der Waals surface area (Å²) in [6, 6.07) is 0. The number of carbonyl (C=O) groups is 4. The van der Waals surface area contributed by atoms with Gasteiger partial charge in [0.05, 0.1) is 42.2 Å². The minimum Gasteiger partial charge on any atom is -0.492 e. The molecule has 0 aromatic carbocycles. The van der Waals surface area contributed by atoms with Crippen LogP contribution in [0.2, 0.25) is 0 Å². The number of aliphatic hydroxyl groups excluding tert-OH is 1. The van der Waals surface area contributed by atoms with Crippen molar-refractivity contribution in [1.82, 2.24) is 0 Å². The van der Waals surface area contributed by atoms with Crippen LogP contribution < -0.4 is 0 Å². The van der Waals surface area contributed by atoms with Crippen LogP contribution in [-0.4, -0.2) is 82.5 Å². The Labute approximate surface area is 258 Å². The zero-order chi connectivity index (χ0) is 33.1. The quantitative estimate of drug-likeness (QED) is 0.245. The highest BCUT2D eigenvalue weighted by atomic mass is 16.6. The standard InChI is InChI=1S/C33H46O11/c1-11-15(2)27(42-18(5)35)16(3)22-24(36)29-23(25(37)28(22)40-10)26(38)30-32(8,44-29)13-12-19-33(30,9)21(41-17(4)34)14-20(43-19)31(6,7)39/h11,16,19-21,26-27,30,38-39H,12-14H2,1-10H3/b15-11+/t16-,19+,20+,21+,26-,27+,30-,32-,33-/m1/s1. The summed E-state index contributed by atoms with van der Waals surface area (Å²) in [6.07, 6.45) is -1.69. The summed E-state index contributed by atoms with van der Waals surface area (Å²) in [7, 11) is 1.27. The fourth-order valence-electron chi connectivity index (χ4n) is 7.85. The van der Waals surface area contributed by atoms with Crippen molar-refractivity contribution in [1.29, 1.82) is 0 Å². The van der Waals surface area contributed by atoms with Crippen LogP contribution in [0.1, 0.15) is 81.6 Å². The van der Waals surface area contributed by atoms with Gasteiger partial charge in [-0.15, -0.1) is 0 Å². The first kappa shape index (κ1) is 33.9. The second kappa shape index (κ2) is 11.7. The smallest absolute Gasteiger partial charge is 0.303 e. The average Bonchev–Trinajstić information content (AvgIpc) is 2.91. The number of esters is 2. The number of aliphatic hydroxyl groups is 2. The second-order valence-electron chi connectivity index (χ2n) is 13.5. The lowest BCUT2D eigenvalue weighted by Crippen LogP contribution is -2.70. The van der Waals surface area contributed by atoms with Gasteiger partial charge in [0, 0.05) is 37.5 Å². The predicted octanol–water partition coefficient (Wildman–Crippen LogP) is 3.25. The Bertz CT molecular complexity index is 1330. The lowest BCUT2D eigenvalue weighted by atomic mass is 9.51. The minimum absolute atomic E-state index is 0.00958. The van der Waals surface area contributed by atoms with Crippen LogP contribution in [0.15, 0.2) is 34.3 Å². The molecule has 4 aliphatic rings. The molecule has 11 nitrogen and oxygen atoms in total. The molecule has 1 saturated carbocycles. The van der Waals surface area contributed by atoms with Crippen LogP contribution in [-0.2, 0) is 42.9 Å². The monoisotopic (exact) mass is 618 g/mol. The third-order valence-corrected chi connectivity index (χ3v) is 10.1. The van der Waals surface area contributed by atoms with Crippen molar-refractivity contribution in [2.24, 2.45) is 17.3 Å². The molecule has 1 saturated heterocycles. The van der Waals surface area contributed by atoms with Gasteiger partial charge in [-0.1, -0.05) is 19.9 Å². The van der Waals surface area contributed by atoms with E-state index in [2.05, 4.69) is 0 Å². The van der Waals surface area contributed by atoms with E-state index in [9.17, 15) is 29.4 Å². The molecule has 2 fully saturated rings. The van der Waals surface area contributed by atoms with Crippen LogP contribution in [0.3, 0.4) is 0 Å². The normalized spacial score (nSPS) is 35.5. The SMILES string of the molecule is C/C=C(\C)[C@H](OC(C)=O)[C@H](C)C1=C(OC)C(=O)C2=C(O[C@]3(C)CC[C@@H]4O[C@H](C(C)(C)O)C[C@H](OC(C)=O)[C@]4(C)[C@@H]3[C@@H]2O)C1=O. The van der Waals surface area contributed by atoms with Gasteiger partial charge >= 0.3 is 11.9 Å². The number of ketones is 2. The fraction of sp³-hybridized carbons (Fsp3) is 0.697. The van der Waals surface area contributed by atoms with Gasteiger partial charge < -0.3 is 33.9 Å². The molecule has 0 aromatic rings. The zero-order valence-electron chi connectivity index (χ0n) is 27.3. The number of ether oxygens (including phenoxy) is 5. The lowest BCUT2D eigenvalue weighted by molar-refractivity contribution is -0.293. The molecule has 0 bridgehead atoms. The number of fused-ring (bicyclic) bond motifs is 3. The fourth-order valence-corrected chi connectivity index (χ4v) is 7.85. The number of carbonyl (C=O) groups excluding carboxylic acids is 4. The topological polar surface area (TPSA) is 155 Å². The number of methoxy groups -OCH3 is 1. The molecule has 244 valence electrons. The van der Waals surface area contributed by atoms with Crippen molar-refractivity contribution in [3.8, 4) is 0 Å². The highest BCUT2D eigenvalue weighted by molar-refractivity contribution is 6.24. The molecular weight excluding hydrogens is 572 g/mol. The summed E-state index contributed by atoms with van der Waals surface area (Å²) in [5.41, 5.74) is -3.01. The van der Waals surface area contributed by atoms with Gasteiger partial charge in [0.1, 0.15) is 17.8 Å². The second-order valence-corrected chi connectivity index (χ2v) is 13.5. The first-order chi connectivity index (χ1) is 20.3. The van der Waals surface area contributed by atoms with Gasteiger partial charge in [-0.2, -0.15) is 0 Å². The number of Topliss-reactive ketones (excluding diaryl/α,β-unsaturated/α-hetero) is 2. The molecular formula is C33H46O11. The first-order valence-electron chi connectivity index (χ1n) is 15.2. The maximum atomic E-state index is 14.2. The van der Waals surface area contributed by atoms with E-state index in [1.54, 1.807) is 47.6 Å². The molecule has 2 N–H and O–H groups in total.